The van der Waals surface area contributed by atoms with Gasteiger partial charge in [-0.1, -0.05) is 233 Å². The molecule has 330 valence electrons. The van der Waals surface area contributed by atoms with E-state index in [4.69, 9.17) is 0 Å². The number of unbranched alkanes of at least 4 members (excludes halogenated alkanes) is 14. The Morgan fingerprint density at radius 3 is 1.62 bits per heavy atom. The van der Waals surface area contributed by atoms with Crippen LogP contribution in [0.5, 0.6) is 0 Å². The molecule has 0 heteroatoms. The molecule has 2 unspecified atom stereocenters. The maximum atomic E-state index is 2.81. The van der Waals surface area contributed by atoms with Crippen LogP contribution in [0.2, 0.25) is 0 Å². The molecule has 0 N–H and O–H groups in total. The van der Waals surface area contributed by atoms with Crippen molar-refractivity contribution >= 4 is 21.5 Å². The van der Waals surface area contributed by atoms with Crippen molar-refractivity contribution in [3.63, 3.8) is 0 Å². The maximum absolute atomic E-state index is 2.81. The van der Waals surface area contributed by atoms with Gasteiger partial charge in [-0.3, -0.25) is 0 Å². The largest absolute Gasteiger partial charge is 0.0654 e. The summed E-state index contributed by atoms with van der Waals surface area (Å²) < 4.78 is 0. The van der Waals surface area contributed by atoms with Gasteiger partial charge < -0.3 is 0 Å². The van der Waals surface area contributed by atoms with Crippen molar-refractivity contribution in [2.45, 2.75) is 226 Å². The Bertz CT molecular complexity index is 2170. The molecule has 5 aromatic rings. The van der Waals surface area contributed by atoms with Crippen LogP contribution >= 0.6 is 0 Å². The Hall–Kier alpha value is -3.38. The lowest BCUT2D eigenvalue weighted by atomic mass is 9.70. The number of hydrogen-bond acceptors (Lipinski definition) is 0. The summed E-state index contributed by atoms with van der Waals surface area (Å²) in [5.41, 5.74) is 14.3. The average molecular weight is 819 g/mol. The first-order valence-electron chi connectivity index (χ1n) is 25.7. The van der Waals surface area contributed by atoms with Crippen molar-refractivity contribution in [1.29, 1.82) is 0 Å². The molecule has 2 atom stereocenters. The first-order chi connectivity index (χ1) is 29.4. The quantitative estimate of drug-likeness (QED) is 0.0430. The zero-order valence-electron chi connectivity index (χ0n) is 40.9. The molecule has 0 amide bonds. The van der Waals surface area contributed by atoms with E-state index < -0.39 is 0 Å². The van der Waals surface area contributed by atoms with E-state index in [2.05, 4.69) is 148 Å². The lowest BCUT2D eigenvalue weighted by Gasteiger charge is -2.34. The molecule has 61 heavy (non-hydrogen) atoms. The number of benzene rings is 5. The molecule has 0 fully saturated rings. The van der Waals surface area contributed by atoms with Crippen LogP contribution in [0, 0.1) is 0 Å². The lowest BCUT2D eigenvalue weighted by molar-refractivity contribution is 0.475. The van der Waals surface area contributed by atoms with E-state index >= 15 is 0 Å². The molecular formula is C61H86. The highest BCUT2D eigenvalue weighted by Crippen LogP contribution is 2.56. The summed E-state index contributed by atoms with van der Waals surface area (Å²) in [6.07, 6.45) is 27.4. The van der Waals surface area contributed by atoms with Gasteiger partial charge in [-0.2, -0.15) is 0 Å². The van der Waals surface area contributed by atoms with Gasteiger partial charge in [0.15, 0.2) is 0 Å². The van der Waals surface area contributed by atoms with Crippen LogP contribution in [0.25, 0.3) is 32.7 Å². The maximum Gasteiger partial charge on any atom is 0.0187 e. The normalized spacial score (nSPS) is 15.8. The third-order valence-corrected chi connectivity index (χ3v) is 15.3. The monoisotopic (exact) mass is 819 g/mol. The van der Waals surface area contributed by atoms with E-state index in [0.717, 1.165) is 6.42 Å². The van der Waals surface area contributed by atoms with E-state index in [1.807, 2.05) is 0 Å². The summed E-state index contributed by atoms with van der Waals surface area (Å²) in [5.74, 6) is 0.360. The van der Waals surface area contributed by atoms with Gasteiger partial charge in [0.05, 0.1) is 0 Å². The van der Waals surface area contributed by atoms with Crippen molar-refractivity contribution in [2.24, 2.45) is 0 Å². The molecule has 0 nitrogen and oxygen atoms in total. The first kappa shape index (κ1) is 47.1. The first-order valence-corrected chi connectivity index (χ1v) is 25.7. The minimum absolute atomic E-state index is 0.000668. The molecule has 0 aromatic heterocycles. The Labute approximate surface area is 375 Å². The van der Waals surface area contributed by atoms with E-state index in [9.17, 15) is 0 Å². The Morgan fingerprint density at radius 1 is 0.492 bits per heavy atom. The topological polar surface area (TPSA) is 0 Å². The molecule has 0 radical (unpaired) electrons. The summed E-state index contributed by atoms with van der Waals surface area (Å²) >= 11 is 0. The van der Waals surface area contributed by atoms with E-state index in [1.54, 1.807) is 33.4 Å². The molecule has 0 saturated carbocycles. The van der Waals surface area contributed by atoms with E-state index in [1.165, 1.54) is 167 Å². The van der Waals surface area contributed by atoms with Crippen molar-refractivity contribution in [1.82, 2.24) is 0 Å². The van der Waals surface area contributed by atoms with Gasteiger partial charge in [0, 0.05) is 11.3 Å². The van der Waals surface area contributed by atoms with Gasteiger partial charge in [-0.25, -0.2) is 0 Å². The molecule has 0 bridgehead atoms. The van der Waals surface area contributed by atoms with E-state index in [0.29, 0.717) is 5.92 Å². The van der Waals surface area contributed by atoms with Gasteiger partial charge in [0.1, 0.15) is 0 Å². The zero-order valence-corrected chi connectivity index (χ0v) is 40.9. The van der Waals surface area contributed by atoms with Crippen LogP contribution in [0.15, 0.2) is 78.9 Å². The molecule has 6 rings (SSSR count). The van der Waals surface area contributed by atoms with Crippen molar-refractivity contribution in [3.8, 4) is 11.1 Å². The summed E-state index contributed by atoms with van der Waals surface area (Å²) in [5, 5.41) is 5.38. The highest BCUT2D eigenvalue weighted by Gasteiger charge is 2.42. The van der Waals surface area contributed by atoms with Crippen LogP contribution in [0.3, 0.4) is 0 Å². The highest BCUT2D eigenvalue weighted by molar-refractivity contribution is 5.98. The zero-order chi connectivity index (χ0) is 43.6. The smallest absolute Gasteiger partial charge is 0.0187 e. The van der Waals surface area contributed by atoms with Crippen molar-refractivity contribution in [3.05, 3.63) is 118 Å². The Morgan fingerprint density at radius 2 is 1.02 bits per heavy atom. The van der Waals surface area contributed by atoms with Gasteiger partial charge in [0.2, 0.25) is 0 Å². The second-order valence-corrected chi connectivity index (χ2v) is 21.5. The molecule has 0 spiro atoms. The summed E-state index contributed by atoms with van der Waals surface area (Å²) in [4.78, 5) is 0. The fraction of sp³-hybridized carbons (Fsp3) is 0.574. The molecular weight excluding hydrogens is 733 g/mol. The summed E-state index contributed by atoms with van der Waals surface area (Å²) in [6.45, 7) is 24.5. The number of rotatable bonds is 24. The summed E-state index contributed by atoms with van der Waals surface area (Å²) in [7, 11) is 0. The number of hydrogen-bond donors (Lipinski definition) is 0. The molecule has 5 aromatic carbocycles. The van der Waals surface area contributed by atoms with Gasteiger partial charge in [0.25, 0.3) is 0 Å². The second kappa shape index (κ2) is 21.3. The van der Waals surface area contributed by atoms with Crippen LogP contribution < -0.4 is 0 Å². The Balaban J connectivity index is 1.52. The summed E-state index contributed by atoms with van der Waals surface area (Å²) in [6, 6.07) is 32.2. The lowest BCUT2D eigenvalue weighted by Crippen LogP contribution is -2.24. The van der Waals surface area contributed by atoms with Crippen LogP contribution in [0.4, 0.5) is 0 Å². The van der Waals surface area contributed by atoms with Gasteiger partial charge >= 0.3 is 0 Å². The SMILES string of the molecule is CCCCCCCCc1cc2c(cc1C(C)(C)C)-c1cc(C(C)(C)CC)c(C(CCCCCCC)c3ccc4cc5ccccc5cc4c3)cc1C2(C)CCCCCCCC. The molecule has 0 aliphatic heterocycles. The molecule has 0 saturated heterocycles. The van der Waals surface area contributed by atoms with Crippen LogP contribution in [-0.2, 0) is 22.7 Å². The predicted molar refractivity (Wildman–Crippen MR) is 272 cm³/mol. The highest BCUT2D eigenvalue weighted by atomic mass is 14.5. The van der Waals surface area contributed by atoms with Crippen LogP contribution in [0.1, 0.15) is 243 Å². The predicted octanol–water partition coefficient (Wildman–Crippen LogP) is 19.4. The second-order valence-electron chi connectivity index (χ2n) is 21.5. The van der Waals surface area contributed by atoms with Crippen LogP contribution in [-0.4, -0.2) is 0 Å². The standard InChI is InChI=1S/C61H86/c1-11-15-18-21-24-26-33-49-41-57-53(42-55(49)59(5,6)7)54-43-56(60(8,9)14-4)52(44-58(54)61(57,10)37-30-25-22-19-16-12-2)51(34-27-23-20-17-13-3)48-36-35-47-38-45-31-28-29-32-46(45)39-50(47)40-48/h28-29,31-32,35-36,38-44,51H,11-27,30,33-34,37H2,1-10H3. The van der Waals surface area contributed by atoms with Crippen molar-refractivity contribution < 1.29 is 0 Å². The third kappa shape index (κ3) is 11.1. The minimum atomic E-state index is -0.000668. The number of aryl methyl sites for hydroxylation is 1. The number of fused-ring (bicyclic) bond motifs is 5. The molecule has 1 aliphatic rings. The fourth-order valence-electron chi connectivity index (χ4n) is 11.0. The average Bonchev–Trinajstić information content (AvgIpc) is 3.48. The van der Waals surface area contributed by atoms with Gasteiger partial charge in [-0.15, -0.1) is 0 Å². The van der Waals surface area contributed by atoms with Crippen molar-refractivity contribution in [2.75, 3.05) is 0 Å². The van der Waals surface area contributed by atoms with Gasteiger partial charge in [-0.05, 0) is 133 Å². The minimum Gasteiger partial charge on any atom is -0.0654 e. The third-order valence-electron chi connectivity index (χ3n) is 15.3. The fourth-order valence-corrected chi connectivity index (χ4v) is 11.0. The Kier molecular flexibility index (Phi) is 16.5. The molecule has 1 aliphatic carbocycles. The van der Waals surface area contributed by atoms with E-state index in [-0.39, 0.29) is 16.2 Å². The molecule has 0 heterocycles.